The lowest BCUT2D eigenvalue weighted by molar-refractivity contribution is -0.127. The molecule has 0 spiro atoms. The third-order valence-electron chi connectivity index (χ3n) is 3.67. The number of carbonyl (C=O) groups is 1. The van der Waals surface area contributed by atoms with Crippen LogP contribution in [0, 0.1) is 0 Å². The van der Waals surface area contributed by atoms with Crippen LogP contribution in [0.25, 0.3) is 0 Å². The number of carbonyl (C=O) groups excluding carboxylic acids is 1. The molecular weight excluding hydrogens is 240 g/mol. The second-order valence-electron chi connectivity index (χ2n) is 5.18. The molecule has 1 N–H and O–H groups in total. The van der Waals surface area contributed by atoms with Gasteiger partial charge in [-0.15, -0.1) is 0 Å². The number of rotatable bonds is 4. The summed E-state index contributed by atoms with van der Waals surface area (Å²) in [5.41, 5.74) is 2.64. The van der Waals surface area contributed by atoms with Crippen LogP contribution in [0.2, 0.25) is 0 Å². The summed E-state index contributed by atoms with van der Waals surface area (Å²) in [6, 6.07) is 6.48. The molecule has 0 aromatic heterocycles. The predicted octanol–water partition coefficient (Wildman–Crippen LogP) is 1.75. The van der Waals surface area contributed by atoms with Crippen molar-refractivity contribution in [2.75, 3.05) is 27.7 Å². The quantitative estimate of drug-likeness (QED) is 0.899. The fourth-order valence-corrected chi connectivity index (χ4v) is 2.48. The molecule has 104 valence electrons. The molecule has 0 aliphatic heterocycles. The van der Waals surface area contributed by atoms with Crippen LogP contribution in [0.4, 0.5) is 0 Å². The largest absolute Gasteiger partial charge is 0.497 e. The lowest BCUT2D eigenvalue weighted by Crippen LogP contribution is -2.36. The first-order chi connectivity index (χ1) is 9.11. The van der Waals surface area contributed by atoms with E-state index >= 15 is 0 Å². The van der Waals surface area contributed by atoms with E-state index in [9.17, 15) is 4.79 Å². The summed E-state index contributed by atoms with van der Waals surface area (Å²) in [7, 11) is 5.24. The van der Waals surface area contributed by atoms with Gasteiger partial charge in [0.15, 0.2) is 0 Å². The van der Waals surface area contributed by atoms with E-state index in [0.29, 0.717) is 6.54 Å². The van der Waals surface area contributed by atoms with Gasteiger partial charge in [0.2, 0.25) is 5.91 Å². The number of methoxy groups -OCH3 is 1. The number of benzene rings is 1. The molecule has 2 rings (SSSR count). The third kappa shape index (κ3) is 3.26. The molecule has 1 unspecified atom stereocenters. The van der Waals surface area contributed by atoms with Crippen molar-refractivity contribution in [2.24, 2.45) is 0 Å². The highest BCUT2D eigenvalue weighted by Crippen LogP contribution is 2.32. The molecule has 0 radical (unpaired) electrons. The van der Waals surface area contributed by atoms with Gasteiger partial charge in [0.05, 0.1) is 13.7 Å². The van der Waals surface area contributed by atoms with Gasteiger partial charge in [-0.25, -0.2) is 0 Å². The highest BCUT2D eigenvalue weighted by Gasteiger charge is 2.21. The van der Waals surface area contributed by atoms with E-state index in [1.165, 1.54) is 11.1 Å². The highest BCUT2D eigenvalue weighted by molar-refractivity contribution is 5.77. The number of ether oxygens (including phenoxy) is 1. The highest BCUT2D eigenvalue weighted by atomic mass is 16.5. The van der Waals surface area contributed by atoms with Crippen molar-refractivity contribution in [1.82, 2.24) is 10.2 Å². The van der Waals surface area contributed by atoms with E-state index in [0.717, 1.165) is 25.0 Å². The SMILES string of the molecule is COc1ccc2c(c1)C(NCC(=O)N(C)C)CCC2. The number of fused-ring (bicyclic) bond motifs is 1. The molecule has 0 heterocycles. The second kappa shape index (κ2) is 6.06. The van der Waals surface area contributed by atoms with Gasteiger partial charge in [0, 0.05) is 20.1 Å². The smallest absolute Gasteiger partial charge is 0.236 e. The molecule has 1 atom stereocenters. The molecule has 19 heavy (non-hydrogen) atoms. The maximum atomic E-state index is 11.7. The Morgan fingerprint density at radius 1 is 1.47 bits per heavy atom. The number of nitrogens with zero attached hydrogens (tertiary/aromatic N) is 1. The molecule has 0 saturated heterocycles. The molecule has 1 amide bonds. The first-order valence-electron chi connectivity index (χ1n) is 6.72. The Balaban J connectivity index is 2.10. The molecule has 0 bridgehead atoms. The molecule has 1 aromatic carbocycles. The lowest BCUT2D eigenvalue weighted by Gasteiger charge is -2.27. The average Bonchev–Trinajstić information content (AvgIpc) is 2.43. The zero-order valence-corrected chi connectivity index (χ0v) is 11.9. The summed E-state index contributed by atoms with van der Waals surface area (Å²) in [4.78, 5) is 13.3. The third-order valence-corrected chi connectivity index (χ3v) is 3.67. The lowest BCUT2D eigenvalue weighted by atomic mass is 9.87. The van der Waals surface area contributed by atoms with Crippen LogP contribution in [0.15, 0.2) is 18.2 Å². The van der Waals surface area contributed by atoms with E-state index < -0.39 is 0 Å². The Morgan fingerprint density at radius 2 is 2.26 bits per heavy atom. The summed E-state index contributed by atoms with van der Waals surface area (Å²) < 4.78 is 5.29. The molecule has 0 saturated carbocycles. The predicted molar refractivity (Wildman–Crippen MR) is 75.4 cm³/mol. The van der Waals surface area contributed by atoms with Crippen molar-refractivity contribution in [3.63, 3.8) is 0 Å². The van der Waals surface area contributed by atoms with Crippen LogP contribution in [0.3, 0.4) is 0 Å². The molecular formula is C15H22N2O2. The maximum absolute atomic E-state index is 11.7. The summed E-state index contributed by atoms with van der Waals surface area (Å²) in [5.74, 6) is 0.987. The van der Waals surface area contributed by atoms with E-state index in [1.807, 2.05) is 6.07 Å². The Morgan fingerprint density at radius 3 is 2.95 bits per heavy atom. The van der Waals surface area contributed by atoms with Crippen molar-refractivity contribution >= 4 is 5.91 Å². The molecule has 0 fully saturated rings. The summed E-state index contributed by atoms with van der Waals surface area (Å²) in [6.45, 7) is 0.383. The van der Waals surface area contributed by atoms with E-state index in [-0.39, 0.29) is 11.9 Å². The van der Waals surface area contributed by atoms with Gasteiger partial charge in [-0.3, -0.25) is 4.79 Å². The fourth-order valence-electron chi connectivity index (χ4n) is 2.48. The first-order valence-corrected chi connectivity index (χ1v) is 6.72. The van der Waals surface area contributed by atoms with Crippen LogP contribution in [0.1, 0.15) is 30.0 Å². The van der Waals surface area contributed by atoms with E-state index in [1.54, 1.807) is 26.1 Å². The topological polar surface area (TPSA) is 41.6 Å². The van der Waals surface area contributed by atoms with Crippen LogP contribution in [-0.4, -0.2) is 38.6 Å². The van der Waals surface area contributed by atoms with Crippen LogP contribution < -0.4 is 10.1 Å². The van der Waals surface area contributed by atoms with Crippen LogP contribution in [-0.2, 0) is 11.2 Å². The average molecular weight is 262 g/mol. The normalized spacial score (nSPS) is 17.7. The zero-order chi connectivity index (χ0) is 13.8. The number of amides is 1. The molecule has 1 aromatic rings. The molecule has 1 aliphatic rings. The van der Waals surface area contributed by atoms with Crippen molar-refractivity contribution < 1.29 is 9.53 Å². The Bertz CT molecular complexity index is 457. The number of hydrogen-bond donors (Lipinski definition) is 1. The Labute approximate surface area is 114 Å². The van der Waals surface area contributed by atoms with Gasteiger partial charge in [-0.2, -0.15) is 0 Å². The van der Waals surface area contributed by atoms with Crippen molar-refractivity contribution in [3.8, 4) is 5.75 Å². The molecule has 4 nitrogen and oxygen atoms in total. The Kier molecular flexibility index (Phi) is 4.43. The van der Waals surface area contributed by atoms with Crippen molar-refractivity contribution in [2.45, 2.75) is 25.3 Å². The van der Waals surface area contributed by atoms with Gasteiger partial charge < -0.3 is 15.0 Å². The van der Waals surface area contributed by atoms with Crippen LogP contribution >= 0.6 is 0 Å². The summed E-state index contributed by atoms with van der Waals surface area (Å²) >= 11 is 0. The van der Waals surface area contributed by atoms with Gasteiger partial charge in [-0.1, -0.05) is 6.07 Å². The number of likely N-dealkylation sites (N-methyl/N-ethyl adjacent to an activating group) is 1. The minimum Gasteiger partial charge on any atom is -0.497 e. The van der Waals surface area contributed by atoms with Crippen molar-refractivity contribution in [1.29, 1.82) is 0 Å². The maximum Gasteiger partial charge on any atom is 0.236 e. The zero-order valence-electron chi connectivity index (χ0n) is 11.9. The summed E-state index contributed by atoms with van der Waals surface area (Å²) in [5, 5.41) is 3.36. The summed E-state index contributed by atoms with van der Waals surface area (Å²) in [6.07, 6.45) is 3.34. The number of aryl methyl sites for hydroxylation is 1. The van der Waals surface area contributed by atoms with Crippen LogP contribution in [0.5, 0.6) is 5.75 Å². The van der Waals surface area contributed by atoms with Gasteiger partial charge in [0.25, 0.3) is 0 Å². The Hall–Kier alpha value is -1.55. The monoisotopic (exact) mass is 262 g/mol. The molecule has 1 aliphatic carbocycles. The number of nitrogens with one attached hydrogen (secondary N) is 1. The molecule has 4 heteroatoms. The van der Waals surface area contributed by atoms with Gasteiger partial charge in [-0.05, 0) is 42.5 Å². The first kappa shape index (κ1) is 13.9. The van der Waals surface area contributed by atoms with E-state index in [2.05, 4.69) is 17.4 Å². The minimum absolute atomic E-state index is 0.106. The van der Waals surface area contributed by atoms with Gasteiger partial charge >= 0.3 is 0 Å². The fraction of sp³-hybridized carbons (Fsp3) is 0.533. The van der Waals surface area contributed by atoms with E-state index in [4.69, 9.17) is 4.74 Å². The minimum atomic E-state index is 0.106. The van der Waals surface area contributed by atoms with Gasteiger partial charge in [0.1, 0.15) is 5.75 Å². The second-order valence-corrected chi connectivity index (χ2v) is 5.18. The number of hydrogen-bond acceptors (Lipinski definition) is 3. The van der Waals surface area contributed by atoms with Crippen molar-refractivity contribution in [3.05, 3.63) is 29.3 Å². The standard InChI is InChI=1S/C15H22N2O2/c1-17(2)15(18)10-16-14-6-4-5-11-7-8-12(19-3)9-13(11)14/h7-9,14,16H,4-6,10H2,1-3H3.